The van der Waals surface area contributed by atoms with E-state index >= 15 is 0 Å². The molecule has 0 aliphatic carbocycles. The number of carbonyl (C=O) groups excluding carboxylic acids is 1. The van der Waals surface area contributed by atoms with Crippen molar-refractivity contribution in [2.45, 2.75) is 19.4 Å². The van der Waals surface area contributed by atoms with Crippen molar-refractivity contribution in [2.24, 2.45) is 0 Å². The molecule has 0 saturated carbocycles. The number of aromatic carboxylic acids is 1. The van der Waals surface area contributed by atoms with Crippen LogP contribution in [0.15, 0.2) is 5.38 Å². The highest BCUT2D eigenvalue weighted by Crippen LogP contribution is 2.09. The molecule has 0 aliphatic heterocycles. The van der Waals surface area contributed by atoms with E-state index in [4.69, 9.17) is 5.11 Å². The lowest BCUT2D eigenvalue weighted by Gasteiger charge is -2.20. The van der Waals surface area contributed by atoms with Crippen LogP contribution in [0.4, 0.5) is 4.79 Å². The molecule has 3 N–H and O–H groups in total. The molecule has 1 rings (SSSR count). The Balaban J connectivity index is 2.23. The van der Waals surface area contributed by atoms with Crippen LogP contribution in [0.1, 0.15) is 22.4 Å². The van der Waals surface area contributed by atoms with Gasteiger partial charge in [-0.1, -0.05) is 0 Å². The number of urea groups is 1. The van der Waals surface area contributed by atoms with Gasteiger partial charge in [0.05, 0.1) is 5.01 Å². The zero-order valence-corrected chi connectivity index (χ0v) is 12.7. The molecule has 0 saturated heterocycles. The number of carbonyl (C=O) groups is 2. The summed E-state index contributed by atoms with van der Waals surface area (Å²) in [7, 11) is 3.90. The first-order valence-corrected chi connectivity index (χ1v) is 7.14. The highest BCUT2D eigenvalue weighted by molar-refractivity contribution is 7.09. The fraction of sp³-hybridized carbons (Fsp3) is 0.583. The second-order valence-corrected chi connectivity index (χ2v) is 5.57. The van der Waals surface area contributed by atoms with Gasteiger partial charge in [0, 0.05) is 30.9 Å². The predicted octanol–water partition coefficient (Wildman–Crippen LogP) is 0.633. The summed E-state index contributed by atoms with van der Waals surface area (Å²) in [6.07, 6.45) is 0.522. The molecule has 1 atom stereocenters. The van der Waals surface area contributed by atoms with Crippen LogP contribution < -0.4 is 10.6 Å². The Hall–Kier alpha value is -1.67. The maximum Gasteiger partial charge on any atom is 0.355 e. The monoisotopic (exact) mass is 300 g/mol. The topological polar surface area (TPSA) is 94.6 Å². The molecule has 1 heterocycles. The van der Waals surface area contributed by atoms with Crippen molar-refractivity contribution >= 4 is 23.3 Å². The van der Waals surface area contributed by atoms with Gasteiger partial charge in [0.15, 0.2) is 5.69 Å². The summed E-state index contributed by atoms with van der Waals surface area (Å²) in [6, 6.07) is 0.0338. The van der Waals surface area contributed by atoms with Gasteiger partial charge in [0.2, 0.25) is 0 Å². The van der Waals surface area contributed by atoms with Gasteiger partial charge < -0.3 is 20.6 Å². The van der Waals surface area contributed by atoms with E-state index in [1.165, 1.54) is 16.7 Å². The van der Waals surface area contributed by atoms with E-state index in [-0.39, 0.29) is 17.8 Å². The van der Waals surface area contributed by atoms with Gasteiger partial charge in [-0.2, -0.15) is 0 Å². The van der Waals surface area contributed by atoms with Crippen molar-refractivity contribution in [2.75, 3.05) is 27.2 Å². The van der Waals surface area contributed by atoms with Crippen LogP contribution in [0.5, 0.6) is 0 Å². The van der Waals surface area contributed by atoms with Gasteiger partial charge in [0.25, 0.3) is 0 Å². The summed E-state index contributed by atoms with van der Waals surface area (Å²) >= 11 is 1.28. The van der Waals surface area contributed by atoms with Gasteiger partial charge in [-0.15, -0.1) is 11.3 Å². The predicted molar refractivity (Wildman–Crippen MR) is 77.3 cm³/mol. The van der Waals surface area contributed by atoms with Gasteiger partial charge in [-0.25, -0.2) is 14.6 Å². The first-order chi connectivity index (χ1) is 9.40. The minimum absolute atomic E-state index is 0.0502. The average Bonchev–Trinajstić information content (AvgIpc) is 2.84. The van der Waals surface area contributed by atoms with Crippen molar-refractivity contribution in [1.29, 1.82) is 0 Å². The number of carboxylic acid groups (broad SMARTS) is 1. The van der Waals surface area contributed by atoms with Crippen LogP contribution in [0.3, 0.4) is 0 Å². The van der Waals surface area contributed by atoms with E-state index < -0.39 is 5.97 Å². The third-order valence-electron chi connectivity index (χ3n) is 2.83. The van der Waals surface area contributed by atoms with Crippen LogP contribution >= 0.6 is 11.3 Å². The van der Waals surface area contributed by atoms with Crippen LogP contribution in [-0.4, -0.2) is 60.2 Å². The van der Waals surface area contributed by atoms with Crippen molar-refractivity contribution in [3.05, 3.63) is 16.1 Å². The summed E-state index contributed by atoms with van der Waals surface area (Å²) in [6.45, 7) is 3.01. The maximum absolute atomic E-state index is 11.5. The fourth-order valence-corrected chi connectivity index (χ4v) is 2.06. The van der Waals surface area contributed by atoms with E-state index in [0.29, 0.717) is 24.5 Å². The number of rotatable bonds is 7. The molecule has 7 nitrogen and oxygen atoms in total. The summed E-state index contributed by atoms with van der Waals surface area (Å²) in [5.41, 5.74) is 0.0502. The number of thiazole rings is 1. The molecule has 1 aromatic heterocycles. The number of hydrogen-bond donors (Lipinski definition) is 3. The molecule has 2 amide bonds. The van der Waals surface area contributed by atoms with Crippen LogP contribution in [0.25, 0.3) is 0 Å². The SMILES string of the molecule is CC(CNC(=O)NCCc1nc(C(=O)O)cs1)N(C)C. The minimum Gasteiger partial charge on any atom is -0.476 e. The number of nitrogens with one attached hydrogen (secondary N) is 2. The van der Waals surface area contributed by atoms with Gasteiger partial charge in [0.1, 0.15) is 0 Å². The van der Waals surface area contributed by atoms with E-state index in [1.54, 1.807) is 0 Å². The molecule has 8 heteroatoms. The first-order valence-electron chi connectivity index (χ1n) is 6.26. The van der Waals surface area contributed by atoms with Crippen molar-refractivity contribution in [3.8, 4) is 0 Å². The zero-order chi connectivity index (χ0) is 15.1. The van der Waals surface area contributed by atoms with Crippen molar-refractivity contribution in [3.63, 3.8) is 0 Å². The van der Waals surface area contributed by atoms with E-state index in [9.17, 15) is 9.59 Å². The first kappa shape index (κ1) is 16.4. The van der Waals surface area contributed by atoms with Crippen molar-refractivity contribution in [1.82, 2.24) is 20.5 Å². The summed E-state index contributed by atoms with van der Waals surface area (Å²) in [5, 5.41) is 16.4. The molecule has 0 aromatic carbocycles. The van der Waals surface area contributed by atoms with Gasteiger partial charge in [-0.05, 0) is 21.0 Å². The Morgan fingerprint density at radius 1 is 1.45 bits per heavy atom. The number of nitrogens with zero attached hydrogens (tertiary/aromatic N) is 2. The maximum atomic E-state index is 11.5. The van der Waals surface area contributed by atoms with Crippen LogP contribution in [-0.2, 0) is 6.42 Å². The molecule has 0 spiro atoms. The third-order valence-corrected chi connectivity index (χ3v) is 3.74. The Kier molecular flexibility index (Phi) is 6.40. The normalized spacial score (nSPS) is 12.2. The van der Waals surface area contributed by atoms with Crippen molar-refractivity contribution < 1.29 is 14.7 Å². The molecule has 0 bridgehead atoms. The molecule has 1 aromatic rings. The lowest BCUT2D eigenvalue weighted by Crippen LogP contribution is -2.43. The number of hydrogen-bond acceptors (Lipinski definition) is 5. The molecule has 20 heavy (non-hydrogen) atoms. The van der Waals surface area contributed by atoms with Gasteiger partial charge in [-0.3, -0.25) is 0 Å². The quantitative estimate of drug-likeness (QED) is 0.687. The molecule has 0 aliphatic rings. The van der Waals surface area contributed by atoms with E-state index in [0.717, 1.165) is 0 Å². The van der Waals surface area contributed by atoms with Gasteiger partial charge >= 0.3 is 12.0 Å². The lowest BCUT2D eigenvalue weighted by atomic mass is 10.3. The number of likely N-dealkylation sites (N-methyl/N-ethyl adjacent to an activating group) is 1. The largest absolute Gasteiger partial charge is 0.476 e. The second-order valence-electron chi connectivity index (χ2n) is 4.63. The summed E-state index contributed by atoms with van der Waals surface area (Å²) in [5.74, 6) is -1.03. The van der Waals surface area contributed by atoms with E-state index in [2.05, 4.69) is 15.6 Å². The molecule has 0 radical (unpaired) electrons. The Morgan fingerprint density at radius 2 is 2.15 bits per heavy atom. The zero-order valence-electron chi connectivity index (χ0n) is 11.8. The smallest absolute Gasteiger partial charge is 0.355 e. The molecule has 1 unspecified atom stereocenters. The standard InChI is InChI=1S/C12H20N4O3S/c1-8(16(2)3)6-14-12(19)13-5-4-10-15-9(7-20-10)11(17)18/h7-8H,4-6H2,1-3H3,(H,17,18)(H2,13,14,19). The van der Waals surface area contributed by atoms with Crippen LogP contribution in [0, 0.1) is 0 Å². The number of carboxylic acids is 1. The highest BCUT2D eigenvalue weighted by atomic mass is 32.1. The molecule has 0 fully saturated rings. The molecular formula is C12H20N4O3S. The molecular weight excluding hydrogens is 280 g/mol. The number of aromatic nitrogens is 1. The van der Waals surface area contributed by atoms with Crippen LogP contribution in [0.2, 0.25) is 0 Å². The Bertz CT molecular complexity index is 461. The van der Waals surface area contributed by atoms with E-state index in [1.807, 2.05) is 25.9 Å². The number of amides is 2. The fourth-order valence-electron chi connectivity index (χ4n) is 1.29. The summed E-state index contributed by atoms with van der Waals surface area (Å²) in [4.78, 5) is 28.1. The minimum atomic E-state index is -1.03. The Morgan fingerprint density at radius 3 is 2.70 bits per heavy atom. The molecule has 112 valence electrons. The Labute approximate surface area is 122 Å². The average molecular weight is 300 g/mol. The summed E-state index contributed by atoms with van der Waals surface area (Å²) < 4.78 is 0. The second kappa shape index (κ2) is 7.81. The third kappa shape index (κ3) is 5.54. The highest BCUT2D eigenvalue weighted by Gasteiger charge is 2.09. The lowest BCUT2D eigenvalue weighted by molar-refractivity contribution is 0.0691.